The summed E-state index contributed by atoms with van der Waals surface area (Å²) in [5.74, 6) is 0.531. The van der Waals surface area contributed by atoms with Gasteiger partial charge in [0.25, 0.3) is 0 Å². The number of nitrogens with zero attached hydrogens (tertiary/aromatic N) is 3. The van der Waals surface area contributed by atoms with Crippen LogP contribution in [0.2, 0.25) is 0 Å². The Kier molecular flexibility index (Phi) is 5.76. The predicted octanol–water partition coefficient (Wildman–Crippen LogP) is 2.02. The first-order chi connectivity index (χ1) is 11.7. The number of fused-ring (bicyclic) bond motifs is 1. The standard InChI is InChI=1S/C17H23N3O3S/c1-13-11-19(7-10-23-13)16(21)12-24-17-18-14-5-3-4-6-15(14)20(17)8-9-22-2/h3-6,13H,7-12H2,1-2H3. The highest BCUT2D eigenvalue weighted by Crippen LogP contribution is 2.24. The molecule has 0 spiro atoms. The molecule has 0 aliphatic carbocycles. The molecule has 1 aromatic carbocycles. The fourth-order valence-corrected chi connectivity index (χ4v) is 3.77. The normalized spacial score (nSPS) is 18.2. The van der Waals surface area contributed by atoms with Crippen molar-refractivity contribution in [2.75, 3.05) is 39.2 Å². The van der Waals surface area contributed by atoms with Crippen molar-refractivity contribution in [1.82, 2.24) is 14.5 Å². The minimum atomic E-state index is 0.110. The van der Waals surface area contributed by atoms with Gasteiger partial charge in [-0.05, 0) is 19.1 Å². The molecule has 130 valence electrons. The van der Waals surface area contributed by atoms with Gasteiger partial charge < -0.3 is 18.9 Å². The van der Waals surface area contributed by atoms with Crippen LogP contribution in [0.1, 0.15) is 6.92 Å². The second-order valence-corrected chi connectivity index (χ2v) is 6.78. The largest absolute Gasteiger partial charge is 0.383 e. The topological polar surface area (TPSA) is 56.6 Å². The third-order valence-electron chi connectivity index (χ3n) is 4.06. The van der Waals surface area contributed by atoms with Crippen molar-refractivity contribution in [2.24, 2.45) is 0 Å². The lowest BCUT2D eigenvalue weighted by atomic mass is 10.3. The highest BCUT2D eigenvalue weighted by Gasteiger charge is 2.22. The minimum Gasteiger partial charge on any atom is -0.383 e. The van der Waals surface area contributed by atoms with Crippen molar-refractivity contribution in [3.8, 4) is 0 Å². The summed E-state index contributed by atoms with van der Waals surface area (Å²) in [4.78, 5) is 19.0. The monoisotopic (exact) mass is 349 g/mol. The van der Waals surface area contributed by atoms with E-state index >= 15 is 0 Å². The number of aromatic nitrogens is 2. The van der Waals surface area contributed by atoms with Crippen LogP contribution in [0.5, 0.6) is 0 Å². The Balaban J connectivity index is 1.71. The number of hydrogen-bond donors (Lipinski definition) is 0. The molecular formula is C17H23N3O3S. The van der Waals surface area contributed by atoms with Gasteiger partial charge in [0.05, 0.1) is 36.1 Å². The van der Waals surface area contributed by atoms with Gasteiger partial charge in [0.15, 0.2) is 5.16 Å². The molecule has 1 unspecified atom stereocenters. The van der Waals surface area contributed by atoms with Gasteiger partial charge in [0.1, 0.15) is 0 Å². The Bertz CT molecular complexity index is 703. The molecule has 1 amide bonds. The van der Waals surface area contributed by atoms with E-state index in [0.29, 0.717) is 32.1 Å². The highest BCUT2D eigenvalue weighted by atomic mass is 32.2. The first kappa shape index (κ1) is 17.3. The van der Waals surface area contributed by atoms with E-state index < -0.39 is 0 Å². The predicted molar refractivity (Wildman–Crippen MR) is 94.3 cm³/mol. The first-order valence-corrected chi connectivity index (χ1v) is 9.14. The lowest BCUT2D eigenvalue weighted by molar-refractivity contribution is -0.135. The fraction of sp³-hybridized carbons (Fsp3) is 0.529. The molecule has 2 aromatic rings. The van der Waals surface area contributed by atoms with E-state index in [1.807, 2.05) is 36.1 Å². The number of carbonyl (C=O) groups is 1. The van der Waals surface area contributed by atoms with Crippen LogP contribution in [0.25, 0.3) is 11.0 Å². The quantitative estimate of drug-likeness (QED) is 0.747. The zero-order valence-corrected chi connectivity index (χ0v) is 14.9. The third-order valence-corrected chi connectivity index (χ3v) is 5.02. The molecular weight excluding hydrogens is 326 g/mol. The Morgan fingerprint density at radius 1 is 1.46 bits per heavy atom. The number of methoxy groups -OCH3 is 1. The van der Waals surface area contributed by atoms with Crippen LogP contribution in [0.15, 0.2) is 29.4 Å². The summed E-state index contributed by atoms with van der Waals surface area (Å²) in [6.45, 7) is 5.29. The van der Waals surface area contributed by atoms with Crippen molar-refractivity contribution < 1.29 is 14.3 Å². The zero-order chi connectivity index (χ0) is 16.9. The van der Waals surface area contributed by atoms with Crippen LogP contribution in [-0.4, -0.2) is 65.6 Å². The first-order valence-electron chi connectivity index (χ1n) is 8.15. The molecule has 0 radical (unpaired) electrons. The number of hydrogen-bond acceptors (Lipinski definition) is 5. The van der Waals surface area contributed by atoms with Crippen molar-refractivity contribution >= 4 is 28.7 Å². The summed E-state index contributed by atoms with van der Waals surface area (Å²) in [6.07, 6.45) is 0.110. The number of benzene rings is 1. The fourth-order valence-electron chi connectivity index (χ4n) is 2.82. The second kappa shape index (κ2) is 8.00. The average molecular weight is 349 g/mol. The van der Waals surface area contributed by atoms with E-state index in [0.717, 1.165) is 22.7 Å². The van der Waals surface area contributed by atoms with E-state index in [-0.39, 0.29) is 12.0 Å². The van der Waals surface area contributed by atoms with Crippen LogP contribution in [0.4, 0.5) is 0 Å². The molecule has 6 nitrogen and oxygen atoms in total. The SMILES string of the molecule is COCCn1c(SCC(=O)N2CCOC(C)C2)nc2ccccc21. The van der Waals surface area contributed by atoms with Gasteiger partial charge in [-0.25, -0.2) is 4.98 Å². The Morgan fingerprint density at radius 3 is 3.08 bits per heavy atom. The maximum absolute atomic E-state index is 12.4. The van der Waals surface area contributed by atoms with E-state index in [4.69, 9.17) is 9.47 Å². The van der Waals surface area contributed by atoms with Crippen LogP contribution < -0.4 is 0 Å². The molecule has 0 saturated carbocycles. The van der Waals surface area contributed by atoms with Gasteiger partial charge in [-0.3, -0.25) is 4.79 Å². The Morgan fingerprint density at radius 2 is 2.29 bits per heavy atom. The summed E-state index contributed by atoms with van der Waals surface area (Å²) in [6, 6.07) is 8.02. The number of amides is 1. The number of para-hydroxylation sites is 2. The molecule has 1 aliphatic rings. The lowest BCUT2D eigenvalue weighted by Gasteiger charge is -2.31. The maximum Gasteiger partial charge on any atom is 0.233 e. The number of imidazole rings is 1. The molecule has 24 heavy (non-hydrogen) atoms. The molecule has 1 atom stereocenters. The Labute approximate surface area is 146 Å². The van der Waals surface area contributed by atoms with Crippen molar-refractivity contribution in [1.29, 1.82) is 0 Å². The van der Waals surface area contributed by atoms with Crippen molar-refractivity contribution in [3.63, 3.8) is 0 Å². The average Bonchev–Trinajstić information content (AvgIpc) is 2.95. The summed E-state index contributed by atoms with van der Waals surface area (Å²) in [7, 11) is 1.69. The molecule has 7 heteroatoms. The van der Waals surface area contributed by atoms with Gasteiger partial charge >= 0.3 is 0 Å². The van der Waals surface area contributed by atoms with E-state index in [2.05, 4.69) is 9.55 Å². The molecule has 3 rings (SSSR count). The number of ether oxygens (including phenoxy) is 2. The van der Waals surface area contributed by atoms with Crippen LogP contribution in [-0.2, 0) is 20.8 Å². The van der Waals surface area contributed by atoms with Gasteiger partial charge in [-0.1, -0.05) is 23.9 Å². The van der Waals surface area contributed by atoms with Crippen molar-refractivity contribution in [2.45, 2.75) is 24.7 Å². The maximum atomic E-state index is 12.4. The second-order valence-electron chi connectivity index (χ2n) is 5.84. The highest BCUT2D eigenvalue weighted by molar-refractivity contribution is 7.99. The molecule has 1 fully saturated rings. The zero-order valence-electron chi connectivity index (χ0n) is 14.1. The summed E-state index contributed by atoms with van der Waals surface area (Å²) < 4.78 is 12.8. The third kappa shape index (κ3) is 3.91. The lowest BCUT2D eigenvalue weighted by Crippen LogP contribution is -2.45. The van der Waals surface area contributed by atoms with E-state index in [1.54, 1.807) is 7.11 Å². The number of carbonyl (C=O) groups excluding carboxylic acids is 1. The van der Waals surface area contributed by atoms with Gasteiger partial charge in [-0.2, -0.15) is 0 Å². The van der Waals surface area contributed by atoms with Gasteiger partial charge in [0.2, 0.25) is 5.91 Å². The summed E-state index contributed by atoms with van der Waals surface area (Å²) in [5.41, 5.74) is 2.02. The summed E-state index contributed by atoms with van der Waals surface area (Å²) >= 11 is 1.49. The van der Waals surface area contributed by atoms with Crippen LogP contribution >= 0.6 is 11.8 Å². The van der Waals surface area contributed by atoms with Crippen LogP contribution in [0.3, 0.4) is 0 Å². The van der Waals surface area contributed by atoms with Crippen molar-refractivity contribution in [3.05, 3.63) is 24.3 Å². The molecule has 2 heterocycles. The summed E-state index contributed by atoms with van der Waals surface area (Å²) in [5, 5.41) is 0.864. The number of morpholine rings is 1. The van der Waals surface area contributed by atoms with E-state index in [9.17, 15) is 4.79 Å². The van der Waals surface area contributed by atoms with Gasteiger partial charge in [-0.15, -0.1) is 0 Å². The smallest absolute Gasteiger partial charge is 0.233 e. The Hall–Kier alpha value is -1.57. The number of thioether (sulfide) groups is 1. The molecule has 0 bridgehead atoms. The molecule has 0 N–H and O–H groups in total. The van der Waals surface area contributed by atoms with E-state index in [1.165, 1.54) is 11.8 Å². The molecule has 1 aromatic heterocycles. The molecule has 1 saturated heterocycles. The number of rotatable bonds is 6. The minimum absolute atomic E-state index is 0.110. The molecule has 1 aliphatic heterocycles. The van der Waals surface area contributed by atoms with Gasteiger partial charge in [0, 0.05) is 26.7 Å². The van der Waals surface area contributed by atoms with Crippen LogP contribution in [0, 0.1) is 0 Å².